The first-order valence-electron chi connectivity index (χ1n) is 14.0. The molecule has 35 heavy (non-hydrogen) atoms. The molecule has 5 rings (SSSR count). The van der Waals surface area contributed by atoms with Crippen LogP contribution in [0.4, 0.5) is 0 Å². The van der Waals surface area contributed by atoms with E-state index in [1.54, 1.807) is 0 Å². The monoisotopic (exact) mass is 488 g/mol. The molecule has 0 aliphatic heterocycles. The summed E-state index contributed by atoms with van der Waals surface area (Å²) < 4.78 is 0. The number of hydrogen-bond acceptors (Lipinski definition) is 4. The molecule has 0 bridgehead atoms. The van der Waals surface area contributed by atoms with Crippen molar-refractivity contribution in [2.75, 3.05) is 0 Å². The summed E-state index contributed by atoms with van der Waals surface area (Å²) in [5.74, 6) is -0.517. The second-order valence-electron chi connectivity index (χ2n) is 15.2. The van der Waals surface area contributed by atoms with Crippen molar-refractivity contribution in [2.45, 2.75) is 118 Å². The molecule has 10 atom stereocenters. The fraction of sp³-hybridized carbons (Fsp3) is 0.900. The summed E-state index contributed by atoms with van der Waals surface area (Å²) in [6, 6.07) is 0. The van der Waals surface area contributed by atoms with Crippen LogP contribution in [0.15, 0.2) is 11.6 Å². The minimum Gasteiger partial charge on any atom is -0.481 e. The average Bonchev–Trinajstić information content (AvgIpc) is 2.75. The van der Waals surface area contributed by atoms with Gasteiger partial charge in [0.1, 0.15) is 5.41 Å². The zero-order chi connectivity index (χ0) is 26.0. The summed E-state index contributed by atoms with van der Waals surface area (Å²) >= 11 is 0. The first kappa shape index (κ1) is 25.7. The predicted octanol–water partition coefficient (Wildman–Crippen LogP) is 5.18. The topological polar surface area (TPSA) is 98.0 Å². The molecular formula is C30H48O5. The summed E-state index contributed by atoms with van der Waals surface area (Å²) in [5, 5.41) is 45.0. The van der Waals surface area contributed by atoms with Gasteiger partial charge in [-0.2, -0.15) is 0 Å². The van der Waals surface area contributed by atoms with Gasteiger partial charge in [-0.3, -0.25) is 4.79 Å². The van der Waals surface area contributed by atoms with Gasteiger partial charge in [-0.05, 0) is 90.8 Å². The maximum atomic E-state index is 12.8. The molecule has 0 aromatic heterocycles. The first-order chi connectivity index (χ1) is 16.0. The van der Waals surface area contributed by atoms with Gasteiger partial charge in [-0.1, -0.05) is 60.1 Å². The minimum absolute atomic E-state index is 0.00168. The Hall–Kier alpha value is -0.910. The summed E-state index contributed by atoms with van der Waals surface area (Å²) in [5.41, 5.74) is -1.29. The van der Waals surface area contributed by atoms with Crippen LogP contribution in [0.5, 0.6) is 0 Å². The second-order valence-corrected chi connectivity index (χ2v) is 15.2. The number of carboxylic acid groups (broad SMARTS) is 1. The molecule has 4 N–H and O–H groups in total. The Morgan fingerprint density at radius 1 is 0.857 bits per heavy atom. The van der Waals surface area contributed by atoms with E-state index in [1.165, 1.54) is 0 Å². The molecule has 5 nitrogen and oxygen atoms in total. The van der Waals surface area contributed by atoms with Crippen molar-refractivity contribution < 1.29 is 25.2 Å². The number of hydrogen-bond donors (Lipinski definition) is 4. The number of carbonyl (C=O) groups is 1. The van der Waals surface area contributed by atoms with Crippen molar-refractivity contribution in [1.82, 2.24) is 0 Å². The van der Waals surface area contributed by atoms with Crippen molar-refractivity contribution in [3.63, 3.8) is 0 Å². The highest BCUT2D eigenvalue weighted by Gasteiger charge is 2.74. The molecule has 198 valence electrons. The minimum atomic E-state index is -1.32. The molecule has 0 heterocycles. The molecule has 0 saturated heterocycles. The molecule has 6 unspecified atom stereocenters. The Bertz CT molecular complexity index is 952. The highest BCUT2D eigenvalue weighted by atomic mass is 16.4. The lowest BCUT2D eigenvalue weighted by Crippen LogP contribution is -2.72. The van der Waals surface area contributed by atoms with Gasteiger partial charge in [0.05, 0.1) is 18.3 Å². The maximum absolute atomic E-state index is 12.8. The lowest BCUT2D eigenvalue weighted by molar-refractivity contribution is -0.251. The third-order valence-corrected chi connectivity index (χ3v) is 13.2. The highest BCUT2D eigenvalue weighted by Crippen LogP contribution is 2.75. The van der Waals surface area contributed by atoms with Crippen molar-refractivity contribution in [1.29, 1.82) is 0 Å². The fourth-order valence-electron chi connectivity index (χ4n) is 10.8. The lowest BCUT2D eigenvalue weighted by Gasteiger charge is -2.72. The molecule has 5 aliphatic rings. The second kappa shape index (κ2) is 7.35. The number of rotatable bonds is 1. The molecule has 0 amide bonds. The summed E-state index contributed by atoms with van der Waals surface area (Å²) in [4.78, 5) is 12.8. The molecule has 5 heteroatoms. The van der Waals surface area contributed by atoms with Crippen molar-refractivity contribution in [3.05, 3.63) is 11.6 Å². The molecule has 0 aromatic carbocycles. The molecule has 4 fully saturated rings. The van der Waals surface area contributed by atoms with E-state index >= 15 is 0 Å². The van der Waals surface area contributed by atoms with E-state index in [0.29, 0.717) is 18.3 Å². The van der Waals surface area contributed by atoms with E-state index in [9.17, 15) is 25.2 Å². The Kier molecular flexibility index (Phi) is 5.40. The molecule has 4 saturated carbocycles. The molecule has 0 aromatic rings. The number of fused-ring (bicyclic) bond motifs is 7. The molecule has 0 radical (unpaired) electrons. The molecule has 0 spiro atoms. The number of carboxylic acids is 1. The van der Waals surface area contributed by atoms with Crippen LogP contribution in [0.25, 0.3) is 0 Å². The van der Waals surface area contributed by atoms with E-state index in [4.69, 9.17) is 0 Å². The van der Waals surface area contributed by atoms with E-state index < -0.39 is 29.0 Å². The summed E-state index contributed by atoms with van der Waals surface area (Å²) in [7, 11) is 0. The van der Waals surface area contributed by atoms with Gasteiger partial charge in [0.15, 0.2) is 0 Å². The highest BCUT2D eigenvalue weighted by molar-refractivity contribution is 5.78. The number of aliphatic hydroxyl groups is 3. The zero-order valence-corrected chi connectivity index (χ0v) is 22.9. The SMILES string of the molecule is CC1(C)CC[C@@]2(C(=O)O)C(C1)C1=CCC3[C@@]4(C)CC[C@H](O)C(C)(C)C4CC[C@@]3(C)C1(C)C(O)C2O. The smallest absolute Gasteiger partial charge is 0.313 e. The average molecular weight is 489 g/mol. The van der Waals surface area contributed by atoms with Crippen LogP contribution < -0.4 is 0 Å². The van der Waals surface area contributed by atoms with Crippen LogP contribution in [0.3, 0.4) is 0 Å². The van der Waals surface area contributed by atoms with Crippen LogP contribution in [0, 0.1) is 50.2 Å². The van der Waals surface area contributed by atoms with E-state index in [0.717, 1.165) is 50.5 Å². The van der Waals surface area contributed by atoms with Gasteiger partial charge in [-0.15, -0.1) is 0 Å². The van der Waals surface area contributed by atoms with E-state index in [1.807, 2.05) is 0 Å². The number of aliphatic hydroxyl groups excluding tert-OH is 3. The number of allylic oxidation sites excluding steroid dienone is 1. The fourth-order valence-corrected chi connectivity index (χ4v) is 10.8. The predicted molar refractivity (Wildman–Crippen MR) is 135 cm³/mol. The van der Waals surface area contributed by atoms with Crippen LogP contribution >= 0.6 is 0 Å². The van der Waals surface area contributed by atoms with Crippen LogP contribution in [0.1, 0.15) is 99.8 Å². The van der Waals surface area contributed by atoms with Crippen LogP contribution in [0.2, 0.25) is 0 Å². The molecule has 5 aliphatic carbocycles. The van der Waals surface area contributed by atoms with Gasteiger partial charge in [0.2, 0.25) is 0 Å². The quantitative estimate of drug-likeness (QED) is 0.382. The Morgan fingerprint density at radius 2 is 1.51 bits per heavy atom. The zero-order valence-electron chi connectivity index (χ0n) is 22.9. The number of aliphatic carboxylic acids is 1. The van der Waals surface area contributed by atoms with Gasteiger partial charge in [0, 0.05) is 5.41 Å². The third kappa shape index (κ3) is 2.90. The molecular weight excluding hydrogens is 440 g/mol. The Balaban J connectivity index is 1.67. The van der Waals surface area contributed by atoms with Crippen molar-refractivity contribution in [2.24, 2.45) is 50.2 Å². The van der Waals surface area contributed by atoms with E-state index in [2.05, 4.69) is 54.5 Å². The van der Waals surface area contributed by atoms with Crippen molar-refractivity contribution in [3.8, 4) is 0 Å². The first-order valence-corrected chi connectivity index (χ1v) is 14.0. The van der Waals surface area contributed by atoms with Crippen LogP contribution in [-0.4, -0.2) is 44.7 Å². The van der Waals surface area contributed by atoms with E-state index in [-0.39, 0.29) is 33.7 Å². The Labute approximate surface area is 211 Å². The van der Waals surface area contributed by atoms with Gasteiger partial charge >= 0.3 is 5.97 Å². The van der Waals surface area contributed by atoms with Crippen molar-refractivity contribution >= 4 is 5.97 Å². The van der Waals surface area contributed by atoms with Gasteiger partial charge in [-0.25, -0.2) is 0 Å². The normalized spacial score (nSPS) is 54.4. The summed E-state index contributed by atoms with van der Waals surface area (Å²) in [6.45, 7) is 15.7. The maximum Gasteiger partial charge on any atom is 0.313 e. The third-order valence-electron chi connectivity index (χ3n) is 13.2. The standard InChI is InChI=1S/C30H48O5/c1-25(2)14-15-30(24(34)35)18(16-25)17-8-9-20-27(5)12-11-21(31)26(3,4)19(27)10-13-28(20,6)29(17,7)22(32)23(30)33/h8,18-23,31-33H,9-16H2,1-7H3,(H,34,35)/t18?,19?,20?,21-,22?,23?,27-,28+,29?,30+/m0/s1. The summed E-state index contributed by atoms with van der Waals surface area (Å²) in [6.07, 6.45) is 6.03. The van der Waals surface area contributed by atoms with Gasteiger partial charge < -0.3 is 20.4 Å². The lowest BCUT2D eigenvalue weighted by atomic mass is 9.32. The van der Waals surface area contributed by atoms with Gasteiger partial charge in [0.25, 0.3) is 0 Å². The van der Waals surface area contributed by atoms with Crippen LogP contribution in [-0.2, 0) is 4.79 Å². The largest absolute Gasteiger partial charge is 0.481 e. The Morgan fingerprint density at radius 3 is 2.14 bits per heavy atom.